The monoisotopic (exact) mass is 333 g/mol. The lowest BCUT2D eigenvalue weighted by molar-refractivity contribution is -0.137. The molecule has 0 saturated carbocycles. The van der Waals surface area contributed by atoms with Gasteiger partial charge < -0.3 is 9.52 Å². The average molecular weight is 333 g/mol. The van der Waals surface area contributed by atoms with Crippen molar-refractivity contribution in [2.75, 3.05) is 0 Å². The topological polar surface area (TPSA) is 62.8 Å². The second-order valence-corrected chi connectivity index (χ2v) is 4.92. The number of para-hydroxylation sites is 2. The Morgan fingerprint density at radius 3 is 2.46 bits per heavy atom. The van der Waals surface area contributed by atoms with Gasteiger partial charge in [-0.1, -0.05) is 24.3 Å². The highest BCUT2D eigenvalue weighted by molar-refractivity contribution is 5.94. The molecule has 0 aliphatic heterocycles. The third-order valence-electron chi connectivity index (χ3n) is 3.36. The van der Waals surface area contributed by atoms with Gasteiger partial charge in [0, 0.05) is 6.21 Å². The van der Waals surface area contributed by atoms with Gasteiger partial charge in [-0.15, -0.1) is 0 Å². The van der Waals surface area contributed by atoms with Gasteiger partial charge in [-0.05, 0) is 24.3 Å². The molecule has 3 aromatic rings. The van der Waals surface area contributed by atoms with Crippen LogP contribution in [-0.4, -0.2) is 11.3 Å². The van der Waals surface area contributed by atoms with E-state index in [4.69, 9.17) is 4.42 Å². The van der Waals surface area contributed by atoms with Crippen molar-refractivity contribution in [2.45, 2.75) is 6.18 Å². The molecule has 0 fully saturated rings. The molecule has 0 saturated heterocycles. The van der Waals surface area contributed by atoms with Crippen LogP contribution in [0.15, 0.2) is 62.7 Å². The second kappa shape index (κ2) is 5.84. The molecule has 24 heavy (non-hydrogen) atoms. The smallest absolute Gasteiger partial charge is 0.418 e. The minimum Gasteiger partial charge on any atom is -0.506 e. The molecule has 0 unspecified atom stereocenters. The third-order valence-corrected chi connectivity index (χ3v) is 3.36. The zero-order valence-electron chi connectivity index (χ0n) is 12.0. The fourth-order valence-corrected chi connectivity index (χ4v) is 2.22. The van der Waals surface area contributed by atoms with Crippen LogP contribution in [0.3, 0.4) is 0 Å². The van der Waals surface area contributed by atoms with Crippen LogP contribution >= 0.6 is 0 Å². The summed E-state index contributed by atoms with van der Waals surface area (Å²) in [5.41, 5.74) is -2.33. The van der Waals surface area contributed by atoms with Gasteiger partial charge in [-0.3, -0.25) is 4.99 Å². The normalized spacial score (nSPS) is 12.1. The Bertz CT molecular complexity index is 990. The second-order valence-electron chi connectivity index (χ2n) is 4.92. The first-order valence-corrected chi connectivity index (χ1v) is 6.83. The molecule has 1 N–H and O–H groups in total. The van der Waals surface area contributed by atoms with E-state index >= 15 is 0 Å². The number of halogens is 3. The first-order valence-electron chi connectivity index (χ1n) is 6.83. The number of hydrogen-bond donors (Lipinski definition) is 1. The minimum absolute atomic E-state index is 0.174. The molecule has 4 nitrogen and oxygen atoms in total. The maximum atomic E-state index is 12.9. The van der Waals surface area contributed by atoms with Gasteiger partial charge in [0.15, 0.2) is 0 Å². The fraction of sp³-hybridized carbons (Fsp3) is 0.0588. The first-order chi connectivity index (χ1) is 11.4. The largest absolute Gasteiger partial charge is 0.506 e. The summed E-state index contributed by atoms with van der Waals surface area (Å²) in [6.45, 7) is 0. The zero-order chi connectivity index (χ0) is 17.3. The first kappa shape index (κ1) is 15.8. The van der Waals surface area contributed by atoms with Gasteiger partial charge in [0.2, 0.25) is 0 Å². The molecule has 0 atom stereocenters. The lowest BCUT2D eigenvalue weighted by Gasteiger charge is -2.09. The molecule has 0 bridgehead atoms. The van der Waals surface area contributed by atoms with E-state index in [0.717, 1.165) is 12.3 Å². The molecule has 1 aromatic heterocycles. The number of hydrogen-bond acceptors (Lipinski definition) is 4. The Morgan fingerprint density at radius 2 is 1.71 bits per heavy atom. The van der Waals surface area contributed by atoms with Crippen LogP contribution in [0.2, 0.25) is 0 Å². The summed E-state index contributed by atoms with van der Waals surface area (Å²) < 4.78 is 43.8. The van der Waals surface area contributed by atoms with E-state index in [0.29, 0.717) is 0 Å². The van der Waals surface area contributed by atoms with Crippen molar-refractivity contribution in [1.29, 1.82) is 0 Å². The highest BCUT2D eigenvalue weighted by Gasteiger charge is 2.33. The molecule has 0 aliphatic carbocycles. The lowest BCUT2D eigenvalue weighted by Crippen LogP contribution is -2.08. The van der Waals surface area contributed by atoms with E-state index in [9.17, 15) is 23.1 Å². The Kier molecular flexibility index (Phi) is 3.84. The number of alkyl halides is 3. The summed E-state index contributed by atoms with van der Waals surface area (Å²) >= 11 is 0. The molecule has 0 amide bonds. The summed E-state index contributed by atoms with van der Waals surface area (Å²) in [5, 5.41) is 10.4. The Balaban J connectivity index is 2.12. The van der Waals surface area contributed by atoms with Gasteiger partial charge in [0.1, 0.15) is 16.9 Å². The quantitative estimate of drug-likeness (QED) is 0.563. The van der Waals surface area contributed by atoms with Gasteiger partial charge in [0.05, 0.1) is 16.6 Å². The van der Waals surface area contributed by atoms with Gasteiger partial charge >= 0.3 is 11.8 Å². The van der Waals surface area contributed by atoms with E-state index in [2.05, 4.69) is 4.99 Å². The summed E-state index contributed by atoms with van der Waals surface area (Å²) in [7, 11) is 0. The highest BCUT2D eigenvalue weighted by atomic mass is 19.4. The number of benzene rings is 2. The molecule has 1 heterocycles. The highest BCUT2D eigenvalue weighted by Crippen LogP contribution is 2.36. The Hall–Kier alpha value is -3.09. The molecule has 2 aromatic carbocycles. The van der Waals surface area contributed by atoms with Crippen molar-refractivity contribution in [3.05, 3.63) is 70.1 Å². The number of fused-ring (bicyclic) bond motifs is 1. The van der Waals surface area contributed by atoms with Crippen LogP contribution in [0.5, 0.6) is 5.75 Å². The van der Waals surface area contributed by atoms with Crippen molar-refractivity contribution in [3.63, 3.8) is 0 Å². The summed E-state index contributed by atoms with van der Waals surface area (Å²) in [4.78, 5) is 15.6. The minimum atomic E-state index is -4.58. The number of aromatic hydroxyl groups is 1. The summed E-state index contributed by atoms with van der Waals surface area (Å²) in [6.07, 6.45) is -3.71. The maximum absolute atomic E-state index is 12.9. The van der Waals surface area contributed by atoms with E-state index in [1.165, 1.54) is 30.3 Å². The molecule has 0 spiro atoms. The molecule has 3 rings (SSSR count). The number of rotatable bonds is 2. The fourth-order valence-electron chi connectivity index (χ4n) is 2.22. The van der Waals surface area contributed by atoms with Gasteiger partial charge in [-0.25, -0.2) is 4.79 Å². The summed E-state index contributed by atoms with van der Waals surface area (Å²) in [5.74, 6) is -0.393. The van der Waals surface area contributed by atoms with Crippen LogP contribution in [0.4, 0.5) is 18.9 Å². The predicted octanol–water partition coefficient (Wildman–Crippen LogP) is 4.27. The summed E-state index contributed by atoms with van der Waals surface area (Å²) in [6, 6.07) is 11.0. The molecule has 122 valence electrons. The van der Waals surface area contributed by atoms with Crippen LogP contribution in [-0.2, 0) is 6.18 Å². The van der Waals surface area contributed by atoms with E-state index in [-0.39, 0.29) is 22.2 Å². The van der Waals surface area contributed by atoms with E-state index in [1.807, 2.05) is 0 Å². The van der Waals surface area contributed by atoms with Crippen molar-refractivity contribution >= 4 is 22.9 Å². The Morgan fingerprint density at radius 1 is 1.04 bits per heavy atom. The van der Waals surface area contributed by atoms with Gasteiger partial charge in [0.25, 0.3) is 0 Å². The van der Waals surface area contributed by atoms with Crippen molar-refractivity contribution in [3.8, 4) is 5.75 Å². The van der Waals surface area contributed by atoms with Crippen molar-refractivity contribution in [2.24, 2.45) is 4.99 Å². The average Bonchev–Trinajstić information content (AvgIpc) is 2.54. The predicted molar refractivity (Wildman–Crippen MR) is 82.8 cm³/mol. The lowest BCUT2D eigenvalue weighted by atomic mass is 10.1. The molecular weight excluding hydrogens is 323 g/mol. The number of nitrogens with zero attached hydrogens (tertiary/aromatic N) is 1. The molecule has 0 radical (unpaired) electrons. The SMILES string of the molecule is O=c1oc2ccccc2c(O)c1C=Nc1ccccc1C(F)(F)F. The van der Waals surface area contributed by atoms with Crippen LogP contribution < -0.4 is 5.63 Å². The zero-order valence-corrected chi connectivity index (χ0v) is 12.0. The molecular formula is C17H10F3NO3. The maximum Gasteiger partial charge on any atom is 0.418 e. The third kappa shape index (κ3) is 2.88. The van der Waals surface area contributed by atoms with Crippen LogP contribution in [0.1, 0.15) is 11.1 Å². The Labute approximate surface area is 133 Å². The van der Waals surface area contributed by atoms with E-state index < -0.39 is 23.1 Å². The molecule has 7 heteroatoms. The van der Waals surface area contributed by atoms with Gasteiger partial charge in [-0.2, -0.15) is 13.2 Å². The molecule has 0 aliphatic rings. The van der Waals surface area contributed by atoms with Crippen molar-refractivity contribution < 1.29 is 22.7 Å². The van der Waals surface area contributed by atoms with Crippen LogP contribution in [0, 0.1) is 0 Å². The van der Waals surface area contributed by atoms with Crippen LogP contribution in [0.25, 0.3) is 11.0 Å². The number of aliphatic imine (C=N–C) groups is 1. The van der Waals surface area contributed by atoms with E-state index in [1.54, 1.807) is 12.1 Å². The van der Waals surface area contributed by atoms with Crippen molar-refractivity contribution in [1.82, 2.24) is 0 Å². The standard InChI is InChI=1S/C17H10F3NO3/c18-17(19,20)12-6-2-3-7-13(12)21-9-11-15(22)10-5-1-4-8-14(10)24-16(11)23/h1-9,22H.